The second-order valence-electron chi connectivity index (χ2n) is 6.59. The summed E-state index contributed by atoms with van der Waals surface area (Å²) in [5, 5.41) is 31.0. The predicted molar refractivity (Wildman–Crippen MR) is 106 cm³/mol. The van der Waals surface area contributed by atoms with Crippen LogP contribution in [0.2, 0.25) is 0 Å². The van der Waals surface area contributed by atoms with Crippen molar-refractivity contribution in [3.8, 4) is 0 Å². The van der Waals surface area contributed by atoms with E-state index in [9.17, 15) is 15.0 Å². The lowest BCUT2D eigenvalue weighted by molar-refractivity contribution is -0.349. The van der Waals surface area contributed by atoms with Crippen molar-refractivity contribution >= 4 is 5.97 Å². The van der Waals surface area contributed by atoms with Crippen molar-refractivity contribution in [2.45, 2.75) is 24.8 Å². The Morgan fingerprint density at radius 1 is 0.862 bits per heavy atom. The second kappa shape index (κ2) is 8.98. The van der Waals surface area contributed by atoms with E-state index in [1.54, 1.807) is 0 Å². The quantitative estimate of drug-likeness (QED) is 0.471. The molecule has 3 N–H and O–H groups in total. The number of allylic oxidation sites excluding steroid dienone is 3. The Morgan fingerprint density at radius 2 is 1.38 bits per heavy atom. The SMILES string of the molecule is O=C(O)/C=C/C1=CC(O)(OCc2ccccc2)C(O)(OCc2ccccc2)C=C1. The minimum Gasteiger partial charge on any atom is -0.478 e. The van der Waals surface area contributed by atoms with Crippen LogP contribution in [0, 0.1) is 0 Å². The van der Waals surface area contributed by atoms with E-state index in [0.717, 1.165) is 17.2 Å². The van der Waals surface area contributed by atoms with Crippen LogP contribution in [0.15, 0.2) is 96.6 Å². The summed E-state index contributed by atoms with van der Waals surface area (Å²) in [6, 6.07) is 18.4. The summed E-state index contributed by atoms with van der Waals surface area (Å²) in [6.07, 6.45) is 6.18. The van der Waals surface area contributed by atoms with Gasteiger partial charge in [-0.2, -0.15) is 0 Å². The molecule has 0 bridgehead atoms. The molecule has 0 radical (unpaired) electrons. The summed E-state index contributed by atoms with van der Waals surface area (Å²) < 4.78 is 11.3. The van der Waals surface area contributed by atoms with Gasteiger partial charge in [0, 0.05) is 6.08 Å². The van der Waals surface area contributed by atoms with Crippen LogP contribution in [0.25, 0.3) is 0 Å². The zero-order valence-corrected chi connectivity index (χ0v) is 15.6. The average molecular weight is 394 g/mol. The van der Waals surface area contributed by atoms with E-state index in [-0.39, 0.29) is 13.2 Å². The average Bonchev–Trinajstić information content (AvgIpc) is 2.73. The molecule has 0 spiro atoms. The molecule has 2 atom stereocenters. The normalized spacial score (nSPS) is 23.9. The Bertz CT molecular complexity index is 919. The maximum Gasteiger partial charge on any atom is 0.328 e. The first-order chi connectivity index (χ1) is 13.9. The van der Waals surface area contributed by atoms with Crippen molar-refractivity contribution in [2.24, 2.45) is 0 Å². The molecule has 1 aliphatic carbocycles. The highest BCUT2D eigenvalue weighted by molar-refractivity contribution is 5.80. The number of aliphatic carboxylic acids is 1. The largest absolute Gasteiger partial charge is 0.478 e. The molecule has 0 aromatic heterocycles. The molecular formula is C23H22O6. The first-order valence-corrected chi connectivity index (χ1v) is 9.04. The number of carboxylic acid groups (broad SMARTS) is 1. The number of carboxylic acids is 1. The van der Waals surface area contributed by atoms with Crippen LogP contribution in [0.4, 0.5) is 0 Å². The Balaban J connectivity index is 1.84. The number of ether oxygens (including phenoxy) is 2. The number of hydrogen-bond acceptors (Lipinski definition) is 5. The first-order valence-electron chi connectivity index (χ1n) is 9.04. The van der Waals surface area contributed by atoms with Crippen LogP contribution in [-0.4, -0.2) is 32.9 Å². The molecule has 6 nitrogen and oxygen atoms in total. The van der Waals surface area contributed by atoms with Crippen molar-refractivity contribution in [2.75, 3.05) is 0 Å². The number of carbonyl (C=O) groups is 1. The molecule has 29 heavy (non-hydrogen) atoms. The van der Waals surface area contributed by atoms with Gasteiger partial charge in [0.15, 0.2) is 0 Å². The molecule has 0 fully saturated rings. The van der Waals surface area contributed by atoms with Crippen LogP contribution < -0.4 is 0 Å². The zero-order valence-electron chi connectivity index (χ0n) is 15.6. The van der Waals surface area contributed by atoms with Gasteiger partial charge in [0.2, 0.25) is 11.6 Å². The van der Waals surface area contributed by atoms with Crippen molar-refractivity contribution < 1.29 is 29.6 Å². The van der Waals surface area contributed by atoms with Gasteiger partial charge in [-0.25, -0.2) is 4.79 Å². The van der Waals surface area contributed by atoms with E-state index in [1.807, 2.05) is 60.7 Å². The molecule has 0 heterocycles. The summed E-state index contributed by atoms with van der Waals surface area (Å²) in [5.74, 6) is -5.53. The predicted octanol–water partition coefficient (Wildman–Crippen LogP) is 2.93. The van der Waals surface area contributed by atoms with Crippen LogP contribution in [0.5, 0.6) is 0 Å². The van der Waals surface area contributed by atoms with E-state index in [0.29, 0.717) is 5.57 Å². The number of benzene rings is 2. The Hall–Kier alpha value is -3.03. The highest BCUT2D eigenvalue weighted by Crippen LogP contribution is 2.35. The molecule has 0 amide bonds. The summed E-state index contributed by atoms with van der Waals surface area (Å²) in [7, 11) is 0. The molecule has 3 rings (SSSR count). The Morgan fingerprint density at radius 3 is 1.90 bits per heavy atom. The standard InChI is InChI=1S/C23H22O6/c24-21(25)12-11-18-13-14-22(26,28-16-19-7-3-1-4-8-19)23(27,15-18)29-17-20-9-5-2-6-10-20/h1-15,26-27H,16-17H2,(H,24,25)/b12-11+. The molecular weight excluding hydrogens is 372 g/mol. The summed E-state index contributed by atoms with van der Waals surface area (Å²) >= 11 is 0. The molecule has 150 valence electrons. The molecule has 2 aromatic rings. The van der Waals surface area contributed by atoms with Crippen LogP contribution >= 0.6 is 0 Å². The second-order valence-corrected chi connectivity index (χ2v) is 6.59. The third kappa shape index (κ3) is 5.28. The van der Waals surface area contributed by atoms with Gasteiger partial charge < -0.3 is 24.8 Å². The number of hydrogen-bond donors (Lipinski definition) is 3. The highest BCUT2D eigenvalue weighted by atomic mass is 16.7. The lowest BCUT2D eigenvalue weighted by Crippen LogP contribution is -2.56. The van der Waals surface area contributed by atoms with E-state index in [4.69, 9.17) is 14.6 Å². The molecule has 0 saturated carbocycles. The van der Waals surface area contributed by atoms with E-state index >= 15 is 0 Å². The fourth-order valence-electron chi connectivity index (χ4n) is 2.81. The van der Waals surface area contributed by atoms with Gasteiger partial charge in [-0.05, 0) is 34.9 Å². The van der Waals surface area contributed by atoms with Crippen LogP contribution in [0.3, 0.4) is 0 Å². The summed E-state index contributed by atoms with van der Waals surface area (Å²) in [5.41, 5.74) is 1.95. The van der Waals surface area contributed by atoms with Crippen LogP contribution in [0.1, 0.15) is 11.1 Å². The molecule has 6 heteroatoms. The third-order valence-corrected chi connectivity index (χ3v) is 4.40. The summed E-state index contributed by atoms with van der Waals surface area (Å²) in [4.78, 5) is 10.8. The molecule has 0 saturated heterocycles. The van der Waals surface area contributed by atoms with Gasteiger partial charge in [-0.1, -0.05) is 66.7 Å². The van der Waals surface area contributed by atoms with E-state index in [1.165, 1.54) is 24.3 Å². The van der Waals surface area contributed by atoms with Crippen LogP contribution in [-0.2, 0) is 27.5 Å². The fraction of sp³-hybridized carbons (Fsp3) is 0.174. The van der Waals surface area contributed by atoms with Gasteiger partial charge >= 0.3 is 5.97 Å². The van der Waals surface area contributed by atoms with Crippen molar-refractivity contribution in [1.29, 1.82) is 0 Å². The maximum atomic E-state index is 11.2. The molecule has 1 aliphatic rings. The molecule has 2 unspecified atom stereocenters. The maximum absolute atomic E-state index is 11.2. The van der Waals surface area contributed by atoms with Crippen molar-refractivity contribution in [3.63, 3.8) is 0 Å². The Kier molecular flexibility index (Phi) is 6.41. The lowest BCUT2D eigenvalue weighted by atomic mass is 9.94. The van der Waals surface area contributed by atoms with Crippen molar-refractivity contribution in [1.82, 2.24) is 0 Å². The van der Waals surface area contributed by atoms with Gasteiger partial charge in [0.25, 0.3) is 0 Å². The zero-order chi connectivity index (χ0) is 20.7. The Labute approximate surface area is 168 Å². The fourth-order valence-corrected chi connectivity index (χ4v) is 2.81. The number of aliphatic hydroxyl groups is 2. The van der Waals surface area contributed by atoms with Crippen molar-refractivity contribution in [3.05, 3.63) is 108 Å². The monoisotopic (exact) mass is 394 g/mol. The lowest BCUT2D eigenvalue weighted by Gasteiger charge is -2.40. The van der Waals surface area contributed by atoms with E-state index in [2.05, 4.69) is 0 Å². The summed E-state index contributed by atoms with van der Waals surface area (Å²) in [6.45, 7) is 0.0431. The van der Waals surface area contributed by atoms with Gasteiger partial charge in [0.05, 0.1) is 13.2 Å². The van der Waals surface area contributed by atoms with E-state index < -0.39 is 17.5 Å². The third-order valence-electron chi connectivity index (χ3n) is 4.40. The smallest absolute Gasteiger partial charge is 0.328 e. The highest BCUT2D eigenvalue weighted by Gasteiger charge is 2.51. The number of rotatable bonds is 8. The molecule has 0 aliphatic heterocycles. The minimum absolute atomic E-state index is 0.00854. The topological polar surface area (TPSA) is 96.2 Å². The first kappa shape index (κ1) is 20.7. The van der Waals surface area contributed by atoms with Gasteiger partial charge in [-0.3, -0.25) is 0 Å². The minimum atomic E-state index is -2.23. The van der Waals surface area contributed by atoms with Gasteiger partial charge in [0.1, 0.15) is 0 Å². The van der Waals surface area contributed by atoms with Gasteiger partial charge in [-0.15, -0.1) is 0 Å². The molecule has 2 aromatic carbocycles.